The van der Waals surface area contributed by atoms with Crippen LogP contribution in [0.1, 0.15) is 26.6 Å². The van der Waals surface area contributed by atoms with E-state index < -0.39 is 0 Å². The van der Waals surface area contributed by atoms with E-state index in [0.29, 0.717) is 0 Å². The van der Waals surface area contributed by atoms with Gasteiger partial charge in [0.25, 0.3) is 0 Å². The lowest BCUT2D eigenvalue weighted by Crippen LogP contribution is -2.37. The Morgan fingerprint density at radius 2 is 2.24 bits per heavy atom. The van der Waals surface area contributed by atoms with Crippen LogP contribution in [-0.4, -0.2) is 22.1 Å². The molecule has 0 radical (unpaired) electrons. The Morgan fingerprint density at radius 3 is 2.88 bits per heavy atom. The highest BCUT2D eigenvalue weighted by molar-refractivity contribution is 7.13. The van der Waals surface area contributed by atoms with Crippen molar-refractivity contribution in [1.29, 1.82) is 0 Å². The van der Waals surface area contributed by atoms with Crippen LogP contribution in [0.4, 0.5) is 0 Å². The zero-order chi connectivity index (χ0) is 12.3. The Hall–Kier alpha value is -1.13. The van der Waals surface area contributed by atoms with Crippen LogP contribution in [0.15, 0.2) is 23.7 Å². The van der Waals surface area contributed by atoms with Gasteiger partial charge in [0.2, 0.25) is 0 Å². The van der Waals surface area contributed by atoms with Crippen molar-refractivity contribution in [1.82, 2.24) is 15.3 Å². The average molecular weight is 249 g/mol. The fourth-order valence-electron chi connectivity index (χ4n) is 1.60. The van der Waals surface area contributed by atoms with Gasteiger partial charge in [-0.05, 0) is 32.2 Å². The first-order valence-electron chi connectivity index (χ1n) is 5.87. The quantitative estimate of drug-likeness (QED) is 0.874. The SMILES string of the molecule is CC(C)(C)NCCc1ncc(-c2cccs2)[nH]1. The topological polar surface area (TPSA) is 40.7 Å². The van der Waals surface area contributed by atoms with Gasteiger partial charge in [-0.3, -0.25) is 0 Å². The molecule has 0 aliphatic rings. The number of nitrogens with one attached hydrogen (secondary N) is 2. The second kappa shape index (κ2) is 5.02. The Balaban J connectivity index is 1.91. The molecule has 17 heavy (non-hydrogen) atoms. The van der Waals surface area contributed by atoms with Crippen LogP contribution in [0, 0.1) is 0 Å². The van der Waals surface area contributed by atoms with Crippen molar-refractivity contribution < 1.29 is 0 Å². The van der Waals surface area contributed by atoms with Gasteiger partial charge in [-0.2, -0.15) is 0 Å². The normalized spacial score (nSPS) is 11.9. The Kier molecular flexibility index (Phi) is 3.64. The summed E-state index contributed by atoms with van der Waals surface area (Å²) in [4.78, 5) is 9.01. The van der Waals surface area contributed by atoms with Crippen molar-refractivity contribution in [3.8, 4) is 10.6 Å². The molecule has 0 bridgehead atoms. The highest BCUT2D eigenvalue weighted by Crippen LogP contribution is 2.22. The van der Waals surface area contributed by atoms with Crippen molar-refractivity contribution >= 4 is 11.3 Å². The van der Waals surface area contributed by atoms with E-state index in [0.717, 1.165) is 24.5 Å². The van der Waals surface area contributed by atoms with Gasteiger partial charge in [0.1, 0.15) is 5.82 Å². The van der Waals surface area contributed by atoms with Crippen LogP contribution in [0.3, 0.4) is 0 Å². The minimum Gasteiger partial charge on any atom is -0.341 e. The number of rotatable bonds is 4. The van der Waals surface area contributed by atoms with E-state index in [1.54, 1.807) is 11.3 Å². The lowest BCUT2D eigenvalue weighted by molar-refractivity contribution is 0.427. The molecule has 0 aliphatic heterocycles. The largest absolute Gasteiger partial charge is 0.341 e. The standard InChI is InChI=1S/C13H19N3S/c1-13(2,3)15-7-6-12-14-9-10(16-12)11-5-4-8-17-11/h4-5,8-9,15H,6-7H2,1-3H3,(H,14,16). The monoisotopic (exact) mass is 249 g/mol. The van der Waals surface area contributed by atoms with Gasteiger partial charge in [0, 0.05) is 18.5 Å². The molecule has 2 aromatic rings. The smallest absolute Gasteiger partial charge is 0.107 e. The van der Waals surface area contributed by atoms with Crippen LogP contribution in [-0.2, 0) is 6.42 Å². The van der Waals surface area contributed by atoms with E-state index >= 15 is 0 Å². The van der Waals surface area contributed by atoms with Crippen LogP contribution >= 0.6 is 11.3 Å². The Morgan fingerprint density at radius 1 is 1.41 bits per heavy atom. The molecule has 92 valence electrons. The average Bonchev–Trinajstić information content (AvgIpc) is 2.83. The summed E-state index contributed by atoms with van der Waals surface area (Å²) in [5, 5.41) is 5.54. The van der Waals surface area contributed by atoms with E-state index in [-0.39, 0.29) is 5.54 Å². The first-order valence-corrected chi connectivity index (χ1v) is 6.75. The fourth-order valence-corrected chi connectivity index (χ4v) is 2.29. The van der Waals surface area contributed by atoms with Crippen molar-refractivity contribution in [3.63, 3.8) is 0 Å². The summed E-state index contributed by atoms with van der Waals surface area (Å²) in [6, 6.07) is 4.16. The van der Waals surface area contributed by atoms with Gasteiger partial charge in [0.05, 0.1) is 16.8 Å². The van der Waals surface area contributed by atoms with Crippen LogP contribution < -0.4 is 5.32 Å². The first kappa shape index (κ1) is 12.3. The molecular formula is C13H19N3S. The fraction of sp³-hybridized carbons (Fsp3) is 0.462. The summed E-state index contributed by atoms with van der Waals surface area (Å²) in [5.74, 6) is 1.05. The molecule has 0 saturated heterocycles. The Labute approximate surface area is 106 Å². The molecule has 2 heterocycles. The number of hydrogen-bond donors (Lipinski definition) is 2. The van der Waals surface area contributed by atoms with Crippen molar-refractivity contribution in [2.24, 2.45) is 0 Å². The predicted molar refractivity (Wildman–Crippen MR) is 73.4 cm³/mol. The van der Waals surface area contributed by atoms with Gasteiger partial charge >= 0.3 is 0 Å². The van der Waals surface area contributed by atoms with E-state index in [1.165, 1.54) is 4.88 Å². The molecule has 0 fully saturated rings. The molecule has 3 nitrogen and oxygen atoms in total. The second-order valence-electron chi connectivity index (χ2n) is 5.15. The maximum Gasteiger partial charge on any atom is 0.107 e. The molecule has 0 spiro atoms. The summed E-state index contributed by atoms with van der Waals surface area (Å²) in [6.07, 6.45) is 2.85. The number of nitrogens with zero attached hydrogens (tertiary/aromatic N) is 1. The summed E-state index contributed by atoms with van der Waals surface area (Å²) in [7, 11) is 0. The van der Waals surface area contributed by atoms with Crippen LogP contribution in [0.2, 0.25) is 0 Å². The van der Waals surface area contributed by atoms with Gasteiger partial charge in [-0.1, -0.05) is 6.07 Å². The number of imidazole rings is 1. The van der Waals surface area contributed by atoms with E-state index in [2.05, 4.69) is 53.6 Å². The maximum atomic E-state index is 4.40. The third kappa shape index (κ3) is 3.68. The number of thiophene rings is 1. The van der Waals surface area contributed by atoms with Gasteiger partial charge in [0.15, 0.2) is 0 Å². The molecule has 2 N–H and O–H groups in total. The second-order valence-corrected chi connectivity index (χ2v) is 6.10. The molecule has 4 heteroatoms. The molecule has 0 aromatic carbocycles. The van der Waals surface area contributed by atoms with Gasteiger partial charge < -0.3 is 10.3 Å². The zero-order valence-corrected chi connectivity index (χ0v) is 11.4. The third-order valence-electron chi connectivity index (χ3n) is 2.43. The van der Waals surface area contributed by atoms with Crippen molar-refractivity contribution in [2.45, 2.75) is 32.7 Å². The molecule has 0 saturated carbocycles. The molecular weight excluding hydrogens is 230 g/mol. The lowest BCUT2D eigenvalue weighted by atomic mass is 10.1. The number of H-pyrrole nitrogens is 1. The number of aromatic amines is 1. The summed E-state index contributed by atoms with van der Waals surface area (Å²) in [5.41, 5.74) is 1.29. The summed E-state index contributed by atoms with van der Waals surface area (Å²) < 4.78 is 0. The van der Waals surface area contributed by atoms with Gasteiger partial charge in [-0.25, -0.2) is 4.98 Å². The van der Waals surface area contributed by atoms with Crippen molar-refractivity contribution in [3.05, 3.63) is 29.5 Å². The third-order valence-corrected chi connectivity index (χ3v) is 3.34. The van der Waals surface area contributed by atoms with E-state index in [1.807, 2.05) is 6.20 Å². The number of aromatic nitrogens is 2. The van der Waals surface area contributed by atoms with Crippen LogP contribution in [0.25, 0.3) is 10.6 Å². The zero-order valence-electron chi connectivity index (χ0n) is 10.6. The highest BCUT2D eigenvalue weighted by atomic mass is 32.1. The summed E-state index contributed by atoms with van der Waals surface area (Å²) in [6.45, 7) is 7.46. The highest BCUT2D eigenvalue weighted by Gasteiger charge is 2.09. The minimum atomic E-state index is 0.170. The molecule has 0 aliphatic carbocycles. The van der Waals surface area contributed by atoms with Crippen molar-refractivity contribution in [2.75, 3.05) is 6.54 Å². The molecule has 2 aromatic heterocycles. The maximum absolute atomic E-state index is 4.40. The molecule has 0 atom stereocenters. The van der Waals surface area contributed by atoms with E-state index in [4.69, 9.17) is 0 Å². The lowest BCUT2D eigenvalue weighted by Gasteiger charge is -2.19. The molecule has 0 unspecified atom stereocenters. The molecule has 2 rings (SSSR count). The van der Waals surface area contributed by atoms with Gasteiger partial charge in [-0.15, -0.1) is 11.3 Å². The minimum absolute atomic E-state index is 0.170. The summed E-state index contributed by atoms with van der Waals surface area (Å²) >= 11 is 1.73. The first-order chi connectivity index (χ1) is 8.04. The van der Waals surface area contributed by atoms with Crippen LogP contribution in [0.5, 0.6) is 0 Å². The Bertz CT molecular complexity index is 451. The number of hydrogen-bond acceptors (Lipinski definition) is 3. The van der Waals surface area contributed by atoms with E-state index in [9.17, 15) is 0 Å². The predicted octanol–water partition coefficient (Wildman–Crippen LogP) is 3.07. The molecule has 0 amide bonds.